The Hall–Kier alpha value is -3.73. The predicted molar refractivity (Wildman–Crippen MR) is 133 cm³/mol. The molecule has 1 fully saturated rings. The van der Waals surface area contributed by atoms with Crippen LogP contribution in [0.1, 0.15) is 0 Å². The maximum atomic E-state index is 14.1. The van der Waals surface area contributed by atoms with E-state index in [4.69, 9.17) is 4.74 Å². The fraction of sp³-hybridized carbons (Fsp3) is 0.292. The van der Waals surface area contributed by atoms with Crippen molar-refractivity contribution >= 4 is 40.1 Å². The Labute approximate surface area is 206 Å². The lowest BCUT2D eigenvalue weighted by Crippen LogP contribution is -2.52. The fourth-order valence-corrected chi connectivity index (χ4v) is 5.09. The van der Waals surface area contributed by atoms with E-state index in [0.29, 0.717) is 48.5 Å². The van der Waals surface area contributed by atoms with Gasteiger partial charge in [-0.2, -0.15) is 5.10 Å². The maximum absolute atomic E-state index is 14.1. The second-order valence-electron chi connectivity index (χ2n) is 8.15. The lowest BCUT2D eigenvalue weighted by molar-refractivity contribution is -0.128. The SMILES string of the molecule is COc1cccc(N2C=CN3C(SCC(=O)N4CCN(c5ccccc5F)CC4)=NNC3C2=O)c1. The van der Waals surface area contributed by atoms with E-state index in [0.717, 1.165) is 0 Å². The number of hydrogen-bond donors (Lipinski definition) is 1. The van der Waals surface area contributed by atoms with Crippen molar-refractivity contribution in [2.45, 2.75) is 6.17 Å². The van der Waals surface area contributed by atoms with Gasteiger partial charge in [0.05, 0.1) is 24.2 Å². The van der Waals surface area contributed by atoms with Gasteiger partial charge in [-0.05, 0) is 24.3 Å². The molecule has 0 saturated carbocycles. The summed E-state index contributed by atoms with van der Waals surface area (Å²) in [6.07, 6.45) is 2.78. The summed E-state index contributed by atoms with van der Waals surface area (Å²) in [4.78, 5) is 32.9. The number of anilines is 2. The van der Waals surface area contributed by atoms with E-state index < -0.39 is 6.17 Å². The number of benzene rings is 2. The molecule has 3 aliphatic rings. The van der Waals surface area contributed by atoms with E-state index >= 15 is 0 Å². The fourth-order valence-electron chi connectivity index (χ4n) is 4.22. The molecule has 0 bridgehead atoms. The summed E-state index contributed by atoms with van der Waals surface area (Å²) in [7, 11) is 1.58. The number of methoxy groups -OCH3 is 1. The third kappa shape index (κ3) is 4.63. The van der Waals surface area contributed by atoms with Crippen molar-refractivity contribution in [3.63, 3.8) is 0 Å². The average Bonchev–Trinajstić information content (AvgIpc) is 3.32. The van der Waals surface area contributed by atoms with E-state index in [-0.39, 0.29) is 23.4 Å². The molecule has 2 amide bonds. The van der Waals surface area contributed by atoms with Crippen molar-refractivity contribution in [2.24, 2.45) is 5.10 Å². The van der Waals surface area contributed by atoms with Gasteiger partial charge in [-0.25, -0.2) is 4.39 Å². The molecular formula is C24H25FN6O3S. The van der Waals surface area contributed by atoms with Gasteiger partial charge in [-0.1, -0.05) is 30.0 Å². The molecule has 2 aromatic rings. The number of halogens is 1. The minimum atomic E-state index is -0.673. The Morgan fingerprint density at radius 3 is 2.71 bits per heavy atom. The third-order valence-corrected chi connectivity index (χ3v) is 7.06. The number of para-hydroxylation sites is 1. The number of carbonyl (C=O) groups is 2. The van der Waals surface area contributed by atoms with E-state index in [1.807, 2.05) is 29.2 Å². The number of nitrogens with one attached hydrogen (secondary N) is 1. The average molecular weight is 497 g/mol. The number of amides is 2. The zero-order valence-corrected chi connectivity index (χ0v) is 19.9. The highest BCUT2D eigenvalue weighted by Crippen LogP contribution is 2.28. The van der Waals surface area contributed by atoms with Crippen molar-refractivity contribution in [1.82, 2.24) is 15.2 Å². The summed E-state index contributed by atoms with van der Waals surface area (Å²) in [6, 6.07) is 13.9. The van der Waals surface area contributed by atoms with E-state index in [2.05, 4.69) is 10.5 Å². The van der Waals surface area contributed by atoms with Crippen LogP contribution in [0, 0.1) is 5.82 Å². The lowest BCUT2D eigenvalue weighted by atomic mass is 10.2. The normalized spacial score (nSPS) is 19.4. The van der Waals surface area contributed by atoms with Crippen molar-refractivity contribution in [1.29, 1.82) is 0 Å². The highest BCUT2D eigenvalue weighted by Gasteiger charge is 2.38. The van der Waals surface area contributed by atoms with E-state index in [9.17, 15) is 14.0 Å². The molecule has 0 radical (unpaired) electrons. The van der Waals surface area contributed by atoms with E-state index in [1.165, 1.54) is 17.8 Å². The Morgan fingerprint density at radius 1 is 1.14 bits per heavy atom. The van der Waals surface area contributed by atoms with Crippen LogP contribution in [0.5, 0.6) is 5.75 Å². The van der Waals surface area contributed by atoms with Gasteiger partial charge in [0.15, 0.2) is 5.17 Å². The zero-order valence-electron chi connectivity index (χ0n) is 19.1. The summed E-state index contributed by atoms with van der Waals surface area (Å²) in [5.74, 6) is 0.408. The second-order valence-corrected chi connectivity index (χ2v) is 9.09. The predicted octanol–water partition coefficient (Wildman–Crippen LogP) is 2.24. The standard InChI is InChI=1S/C24H25FN6O3S/c1-34-18-6-4-5-17(15-18)30-13-14-31-22(23(30)33)26-27-24(31)35-16-21(32)29-11-9-28(10-12-29)20-8-3-2-7-19(20)25/h2-8,13-15,22,26H,9-12,16H2,1H3. The van der Waals surface area contributed by atoms with E-state index in [1.54, 1.807) is 52.4 Å². The molecule has 1 N–H and O–H groups in total. The second kappa shape index (κ2) is 9.87. The molecule has 0 spiro atoms. The smallest absolute Gasteiger partial charge is 0.276 e. The van der Waals surface area contributed by atoms with Crippen LogP contribution < -0.4 is 20.0 Å². The van der Waals surface area contributed by atoms with Crippen LogP contribution >= 0.6 is 11.8 Å². The minimum Gasteiger partial charge on any atom is -0.497 e. The van der Waals surface area contributed by atoms with Crippen LogP contribution in [-0.2, 0) is 9.59 Å². The van der Waals surface area contributed by atoms with Crippen molar-refractivity contribution in [3.05, 3.63) is 66.7 Å². The Balaban J connectivity index is 1.15. The molecular weight excluding hydrogens is 471 g/mol. The van der Waals surface area contributed by atoms with Crippen LogP contribution in [0.15, 0.2) is 66.0 Å². The molecule has 3 heterocycles. The molecule has 1 atom stereocenters. The van der Waals surface area contributed by atoms with Crippen LogP contribution in [0.25, 0.3) is 0 Å². The highest BCUT2D eigenvalue weighted by molar-refractivity contribution is 8.14. The molecule has 11 heteroatoms. The third-order valence-electron chi connectivity index (χ3n) is 6.11. The molecule has 0 aliphatic carbocycles. The molecule has 1 unspecified atom stereocenters. The van der Waals surface area contributed by atoms with Crippen LogP contribution in [0.3, 0.4) is 0 Å². The van der Waals surface area contributed by atoms with Crippen molar-refractivity contribution in [3.8, 4) is 5.75 Å². The molecule has 5 rings (SSSR count). The number of thioether (sulfide) groups is 1. The number of hydrogen-bond acceptors (Lipinski definition) is 8. The van der Waals surface area contributed by atoms with Crippen LogP contribution in [-0.4, -0.2) is 72.0 Å². The summed E-state index contributed by atoms with van der Waals surface area (Å²) in [5.41, 5.74) is 4.13. The van der Waals surface area contributed by atoms with Gasteiger partial charge in [0.2, 0.25) is 12.1 Å². The number of carbonyl (C=O) groups excluding carboxylic acids is 2. The van der Waals surface area contributed by atoms with Crippen LogP contribution in [0.2, 0.25) is 0 Å². The van der Waals surface area contributed by atoms with Gasteiger partial charge >= 0.3 is 0 Å². The van der Waals surface area contributed by atoms with Crippen molar-refractivity contribution in [2.75, 3.05) is 48.8 Å². The number of hydrazone groups is 1. The number of nitrogens with zero attached hydrogens (tertiary/aromatic N) is 5. The molecule has 3 aliphatic heterocycles. The molecule has 0 aromatic heterocycles. The number of amidine groups is 1. The first kappa shape index (κ1) is 23.0. The summed E-state index contributed by atoms with van der Waals surface area (Å²) >= 11 is 1.28. The quantitative estimate of drug-likeness (QED) is 0.680. The molecule has 2 aromatic carbocycles. The maximum Gasteiger partial charge on any atom is 0.276 e. The first-order valence-electron chi connectivity index (χ1n) is 11.2. The Kier molecular flexibility index (Phi) is 6.49. The van der Waals surface area contributed by atoms with Gasteiger partial charge in [0.1, 0.15) is 11.6 Å². The first-order valence-corrected chi connectivity index (χ1v) is 12.2. The van der Waals surface area contributed by atoms with Gasteiger partial charge in [0.25, 0.3) is 5.91 Å². The largest absolute Gasteiger partial charge is 0.497 e. The van der Waals surface area contributed by atoms with Crippen molar-refractivity contribution < 1.29 is 18.7 Å². The summed E-state index contributed by atoms with van der Waals surface area (Å²) < 4.78 is 19.3. The monoisotopic (exact) mass is 496 g/mol. The topological polar surface area (TPSA) is 80.7 Å². The Morgan fingerprint density at radius 2 is 1.94 bits per heavy atom. The number of piperazine rings is 1. The summed E-state index contributed by atoms with van der Waals surface area (Å²) in [5, 5.41) is 4.84. The van der Waals surface area contributed by atoms with Gasteiger partial charge in [0, 0.05) is 44.6 Å². The highest BCUT2D eigenvalue weighted by atomic mass is 32.2. The molecule has 182 valence electrons. The molecule has 1 saturated heterocycles. The van der Waals surface area contributed by atoms with Gasteiger partial charge in [-0.15, -0.1) is 0 Å². The first-order chi connectivity index (χ1) is 17.0. The minimum absolute atomic E-state index is 0.0142. The zero-order chi connectivity index (χ0) is 24.4. The number of rotatable bonds is 5. The van der Waals surface area contributed by atoms with Gasteiger partial charge in [-0.3, -0.25) is 24.8 Å². The molecule has 9 nitrogen and oxygen atoms in total. The molecule has 35 heavy (non-hydrogen) atoms. The number of ether oxygens (including phenoxy) is 1. The lowest BCUT2D eigenvalue weighted by Gasteiger charge is -2.36. The summed E-state index contributed by atoms with van der Waals surface area (Å²) in [6.45, 7) is 2.20. The van der Waals surface area contributed by atoms with Gasteiger partial charge < -0.3 is 14.5 Å². The number of fused-ring (bicyclic) bond motifs is 1. The Bertz CT molecular complexity index is 1180. The van der Waals surface area contributed by atoms with Crippen LogP contribution in [0.4, 0.5) is 15.8 Å².